The van der Waals surface area contributed by atoms with Crippen LogP contribution in [-0.2, 0) is 0 Å². The lowest BCUT2D eigenvalue weighted by molar-refractivity contribution is 0.433. The van der Waals surface area contributed by atoms with E-state index in [2.05, 4.69) is 35.8 Å². The summed E-state index contributed by atoms with van der Waals surface area (Å²) < 4.78 is 5.71. The van der Waals surface area contributed by atoms with E-state index in [1.54, 1.807) is 11.3 Å². The number of hydrogen-bond donors (Lipinski definition) is 1. The van der Waals surface area contributed by atoms with Crippen molar-refractivity contribution in [3.8, 4) is 0 Å². The summed E-state index contributed by atoms with van der Waals surface area (Å²) in [6.45, 7) is 5.16. The number of nitrogens with one attached hydrogen (secondary N) is 1. The van der Waals surface area contributed by atoms with E-state index in [1.165, 1.54) is 4.88 Å². The Morgan fingerprint density at radius 2 is 2.25 bits per heavy atom. The molecule has 0 spiro atoms. The minimum atomic E-state index is 0.202. The third kappa shape index (κ3) is 2.54. The van der Waals surface area contributed by atoms with Gasteiger partial charge in [0.2, 0.25) is 0 Å². The maximum Gasteiger partial charge on any atom is 0.126 e. The van der Waals surface area contributed by atoms with Crippen LogP contribution in [0.25, 0.3) is 0 Å². The molecule has 0 aliphatic rings. The van der Waals surface area contributed by atoms with E-state index in [9.17, 15) is 0 Å². The van der Waals surface area contributed by atoms with Crippen LogP contribution < -0.4 is 5.32 Å². The lowest BCUT2D eigenvalue weighted by Crippen LogP contribution is -2.21. The zero-order chi connectivity index (χ0) is 11.4. The van der Waals surface area contributed by atoms with Crippen molar-refractivity contribution in [3.05, 3.63) is 46.0 Å². The summed E-state index contributed by atoms with van der Waals surface area (Å²) in [6.07, 6.45) is 1.13. The monoisotopic (exact) mass is 235 g/mol. The van der Waals surface area contributed by atoms with Gasteiger partial charge >= 0.3 is 0 Å². The highest BCUT2D eigenvalue weighted by Gasteiger charge is 2.17. The van der Waals surface area contributed by atoms with Gasteiger partial charge in [0, 0.05) is 4.88 Å². The fraction of sp³-hybridized carbons (Fsp3) is 0.385. The van der Waals surface area contributed by atoms with Crippen LogP contribution in [0.2, 0.25) is 0 Å². The second-order valence-corrected chi connectivity index (χ2v) is 4.83. The van der Waals surface area contributed by atoms with Crippen molar-refractivity contribution in [1.29, 1.82) is 0 Å². The number of hydrogen-bond acceptors (Lipinski definition) is 3. The highest BCUT2D eigenvalue weighted by atomic mass is 32.1. The Morgan fingerprint density at radius 1 is 1.38 bits per heavy atom. The van der Waals surface area contributed by atoms with Crippen molar-refractivity contribution < 1.29 is 4.42 Å². The highest BCUT2D eigenvalue weighted by Crippen LogP contribution is 2.27. The van der Waals surface area contributed by atoms with Gasteiger partial charge in [0.15, 0.2) is 0 Å². The van der Waals surface area contributed by atoms with Crippen molar-refractivity contribution in [2.75, 3.05) is 6.54 Å². The Morgan fingerprint density at radius 3 is 2.81 bits per heavy atom. The standard InChI is InChI=1S/C13H17NOS/c1-3-8-14-13(12-5-4-9-16-12)11-7-6-10(2)15-11/h4-7,9,13-14H,3,8H2,1-2H3. The molecule has 16 heavy (non-hydrogen) atoms. The van der Waals surface area contributed by atoms with Gasteiger partial charge in [-0.15, -0.1) is 11.3 Å². The topological polar surface area (TPSA) is 25.2 Å². The van der Waals surface area contributed by atoms with E-state index >= 15 is 0 Å². The van der Waals surface area contributed by atoms with Crippen LogP contribution in [0, 0.1) is 6.92 Å². The van der Waals surface area contributed by atoms with Gasteiger partial charge in [-0.05, 0) is 43.5 Å². The fourth-order valence-electron chi connectivity index (χ4n) is 1.69. The van der Waals surface area contributed by atoms with Crippen molar-refractivity contribution in [2.24, 2.45) is 0 Å². The molecule has 1 atom stereocenters. The van der Waals surface area contributed by atoms with Crippen LogP contribution >= 0.6 is 11.3 Å². The van der Waals surface area contributed by atoms with E-state index in [-0.39, 0.29) is 6.04 Å². The first-order valence-corrected chi connectivity index (χ1v) is 6.52. The van der Waals surface area contributed by atoms with E-state index in [0.29, 0.717) is 0 Å². The minimum Gasteiger partial charge on any atom is -0.464 e. The highest BCUT2D eigenvalue weighted by molar-refractivity contribution is 7.10. The first-order chi connectivity index (χ1) is 7.81. The smallest absolute Gasteiger partial charge is 0.126 e. The van der Waals surface area contributed by atoms with Crippen LogP contribution in [0.15, 0.2) is 34.1 Å². The summed E-state index contributed by atoms with van der Waals surface area (Å²) >= 11 is 1.76. The molecule has 2 rings (SSSR count). The van der Waals surface area contributed by atoms with Gasteiger partial charge in [-0.1, -0.05) is 13.0 Å². The van der Waals surface area contributed by atoms with E-state index in [1.807, 2.05) is 13.0 Å². The van der Waals surface area contributed by atoms with Gasteiger partial charge in [0.25, 0.3) is 0 Å². The van der Waals surface area contributed by atoms with Crippen LogP contribution in [-0.4, -0.2) is 6.54 Å². The Labute approximate surface area is 100 Å². The molecule has 1 N–H and O–H groups in total. The van der Waals surface area contributed by atoms with Crippen LogP contribution in [0.1, 0.15) is 35.8 Å². The summed E-state index contributed by atoms with van der Waals surface area (Å²) in [5.74, 6) is 1.98. The first-order valence-electron chi connectivity index (χ1n) is 5.64. The Kier molecular flexibility index (Phi) is 3.80. The predicted molar refractivity (Wildman–Crippen MR) is 67.9 cm³/mol. The van der Waals surface area contributed by atoms with Gasteiger partial charge in [-0.3, -0.25) is 0 Å². The van der Waals surface area contributed by atoms with Crippen molar-refractivity contribution in [2.45, 2.75) is 26.3 Å². The van der Waals surface area contributed by atoms with Gasteiger partial charge in [0.05, 0.1) is 0 Å². The van der Waals surface area contributed by atoms with Gasteiger partial charge < -0.3 is 9.73 Å². The molecule has 0 saturated heterocycles. The zero-order valence-corrected chi connectivity index (χ0v) is 10.5. The molecule has 0 radical (unpaired) electrons. The molecule has 0 amide bonds. The third-order valence-corrected chi connectivity index (χ3v) is 3.41. The second-order valence-electron chi connectivity index (χ2n) is 3.85. The van der Waals surface area contributed by atoms with E-state index in [0.717, 1.165) is 24.5 Å². The largest absolute Gasteiger partial charge is 0.464 e. The first kappa shape index (κ1) is 11.4. The summed E-state index contributed by atoms with van der Waals surface area (Å²) in [7, 11) is 0. The maximum atomic E-state index is 5.71. The molecule has 0 aliphatic heterocycles. The Balaban J connectivity index is 2.21. The lowest BCUT2D eigenvalue weighted by Gasteiger charge is -2.14. The number of furan rings is 1. The number of rotatable bonds is 5. The molecule has 2 aromatic rings. The molecular weight excluding hydrogens is 218 g/mol. The normalized spacial score (nSPS) is 12.9. The molecule has 2 nitrogen and oxygen atoms in total. The molecule has 0 aliphatic carbocycles. The molecule has 0 saturated carbocycles. The van der Waals surface area contributed by atoms with Gasteiger partial charge in [0.1, 0.15) is 17.6 Å². The average molecular weight is 235 g/mol. The summed E-state index contributed by atoms with van der Waals surface area (Å²) in [4.78, 5) is 1.31. The molecule has 0 bridgehead atoms. The number of aryl methyl sites for hydroxylation is 1. The molecule has 2 heterocycles. The van der Waals surface area contributed by atoms with Gasteiger partial charge in [-0.25, -0.2) is 0 Å². The van der Waals surface area contributed by atoms with Crippen molar-refractivity contribution in [1.82, 2.24) is 5.32 Å². The molecule has 1 unspecified atom stereocenters. The maximum absolute atomic E-state index is 5.71. The SMILES string of the molecule is CCCNC(c1ccc(C)o1)c1cccs1. The van der Waals surface area contributed by atoms with Crippen molar-refractivity contribution >= 4 is 11.3 Å². The van der Waals surface area contributed by atoms with E-state index < -0.39 is 0 Å². The van der Waals surface area contributed by atoms with Gasteiger partial charge in [-0.2, -0.15) is 0 Å². The summed E-state index contributed by atoms with van der Waals surface area (Å²) in [5.41, 5.74) is 0. The predicted octanol–water partition coefficient (Wildman–Crippen LogP) is 3.74. The summed E-state index contributed by atoms with van der Waals surface area (Å²) in [6, 6.07) is 8.51. The number of thiophene rings is 1. The Bertz CT molecular complexity index is 419. The van der Waals surface area contributed by atoms with Crippen LogP contribution in [0.3, 0.4) is 0 Å². The zero-order valence-electron chi connectivity index (χ0n) is 9.69. The Hall–Kier alpha value is -1.06. The van der Waals surface area contributed by atoms with E-state index in [4.69, 9.17) is 4.42 Å². The van der Waals surface area contributed by atoms with Crippen LogP contribution in [0.4, 0.5) is 0 Å². The third-order valence-electron chi connectivity index (χ3n) is 2.47. The lowest BCUT2D eigenvalue weighted by atomic mass is 10.2. The minimum absolute atomic E-state index is 0.202. The van der Waals surface area contributed by atoms with Crippen molar-refractivity contribution in [3.63, 3.8) is 0 Å². The molecular formula is C13H17NOS. The van der Waals surface area contributed by atoms with Crippen LogP contribution in [0.5, 0.6) is 0 Å². The average Bonchev–Trinajstić information content (AvgIpc) is 2.91. The molecule has 0 aromatic carbocycles. The molecule has 86 valence electrons. The quantitative estimate of drug-likeness (QED) is 0.854. The fourth-order valence-corrected chi connectivity index (χ4v) is 2.50. The molecule has 3 heteroatoms. The molecule has 0 fully saturated rings. The second kappa shape index (κ2) is 5.32. The summed E-state index contributed by atoms with van der Waals surface area (Å²) in [5, 5.41) is 5.62. The molecule has 2 aromatic heterocycles.